The molecule has 0 aliphatic carbocycles. The molecule has 206 valence electrons. The van der Waals surface area contributed by atoms with Gasteiger partial charge in [0.1, 0.15) is 23.3 Å². The van der Waals surface area contributed by atoms with Crippen molar-refractivity contribution in [3.63, 3.8) is 0 Å². The number of allylic oxidation sites excluding steroid dienone is 1. The van der Waals surface area contributed by atoms with Gasteiger partial charge in [-0.05, 0) is 55.8 Å². The Morgan fingerprint density at radius 2 is 2.02 bits per heavy atom. The standard InChI is InChI=1S/C30H26BrClN2O5S/c1-4-7-22-26(29(36)38-5-2)27(21-15-19(32)10-12-24(21)37-3)34-28(35)25(40-30(34)33-22)16-20-11-13-23(39-20)17-8-6-9-18(31)14-17/h6,8-16,27H,4-5,7H2,1-3H3/b25-16+/t27-/m0/s1. The van der Waals surface area contributed by atoms with Crippen LogP contribution in [-0.4, -0.2) is 24.3 Å². The first-order chi connectivity index (χ1) is 19.3. The Morgan fingerprint density at radius 3 is 2.75 bits per heavy atom. The summed E-state index contributed by atoms with van der Waals surface area (Å²) in [5.74, 6) is 1.17. The summed E-state index contributed by atoms with van der Waals surface area (Å²) < 4.78 is 20.0. The monoisotopic (exact) mass is 640 g/mol. The minimum absolute atomic E-state index is 0.185. The number of fused-ring (bicyclic) bond motifs is 1. The molecule has 0 saturated heterocycles. The predicted octanol–water partition coefficient (Wildman–Crippen LogP) is 6.26. The van der Waals surface area contributed by atoms with Gasteiger partial charge in [0.25, 0.3) is 5.56 Å². The number of thiazole rings is 1. The highest BCUT2D eigenvalue weighted by atomic mass is 79.9. The van der Waals surface area contributed by atoms with Crippen molar-refractivity contribution >= 4 is 50.9 Å². The van der Waals surface area contributed by atoms with Gasteiger partial charge in [-0.2, -0.15) is 0 Å². The zero-order valence-electron chi connectivity index (χ0n) is 22.1. The van der Waals surface area contributed by atoms with Gasteiger partial charge in [-0.15, -0.1) is 0 Å². The lowest BCUT2D eigenvalue weighted by Gasteiger charge is -2.27. The van der Waals surface area contributed by atoms with Crippen molar-refractivity contribution in [2.75, 3.05) is 13.7 Å². The molecule has 0 fully saturated rings. The highest BCUT2D eigenvalue weighted by Gasteiger charge is 2.36. The second kappa shape index (κ2) is 12.0. The van der Waals surface area contributed by atoms with Crippen LogP contribution in [0.25, 0.3) is 17.4 Å². The average Bonchev–Trinajstić information content (AvgIpc) is 3.52. The van der Waals surface area contributed by atoms with Gasteiger partial charge < -0.3 is 13.9 Å². The largest absolute Gasteiger partial charge is 0.496 e. The summed E-state index contributed by atoms with van der Waals surface area (Å²) >= 11 is 11.1. The number of esters is 1. The number of aromatic nitrogens is 1. The number of nitrogens with zero attached hydrogens (tertiary/aromatic N) is 2. The summed E-state index contributed by atoms with van der Waals surface area (Å²) in [7, 11) is 1.54. The van der Waals surface area contributed by atoms with Gasteiger partial charge in [0.05, 0.1) is 29.5 Å². The fourth-order valence-electron chi connectivity index (χ4n) is 4.69. The smallest absolute Gasteiger partial charge is 0.338 e. The third-order valence-corrected chi connectivity index (χ3v) is 8.10. The first kappa shape index (κ1) is 28.1. The van der Waals surface area contributed by atoms with Crippen LogP contribution in [0.2, 0.25) is 5.02 Å². The van der Waals surface area contributed by atoms with Crippen molar-refractivity contribution in [1.29, 1.82) is 0 Å². The van der Waals surface area contributed by atoms with Crippen LogP contribution in [0, 0.1) is 0 Å². The number of carbonyl (C=O) groups is 1. The summed E-state index contributed by atoms with van der Waals surface area (Å²) in [6.07, 6.45) is 2.98. The molecule has 0 N–H and O–H groups in total. The molecule has 0 bridgehead atoms. The lowest BCUT2D eigenvalue weighted by Crippen LogP contribution is -2.40. The molecule has 1 aliphatic rings. The van der Waals surface area contributed by atoms with E-state index in [2.05, 4.69) is 15.9 Å². The molecule has 3 heterocycles. The summed E-state index contributed by atoms with van der Waals surface area (Å²) in [6.45, 7) is 3.94. The van der Waals surface area contributed by atoms with E-state index in [1.165, 1.54) is 23.0 Å². The zero-order chi connectivity index (χ0) is 28.4. The third kappa shape index (κ3) is 5.46. The molecule has 0 amide bonds. The molecular formula is C30H26BrClN2O5S. The summed E-state index contributed by atoms with van der Waals surface area (Å²) in [6, 6.07) is 15.8. The van der Waals surface area contributed by atoms with E-state index >= 15 is 0 Å². The van der Waals surface area contributed by atoms with Gasteiger partial charge >= 0.3 is 5.97 Å². The van der Waals surface area contributed by atoms with Gasteiger partial charge in [0, 0.05) is 26.7 Å². The molecule has 5 rings (SSSR count). The molecule has 0 saturated carbocycles. The maximum absolute atomic E-state index is 14.0. The number of halogens is 2. The fourth-order valence-corrected chi connectivity index (χ4v) is 6.27. The highest BCUT2D eigenvalue weighted by Crippen LogP contribution is 2.38. The number of rotatable bonds is 8. The zero-order valence-corrected chi connectivity index (χ0v) is 25.2. The van der Waals surface area contributed by atoms with Crippen LogP contribution in [0.5, 0.6) is 5.75 Å². The van der Waals surface area contributed by atoms with Gasteiger partial charge in [-0.3, -0.25) is 9.36 Å². The number of furan rings is 1. The van der Waals surface area contributed by atoms with Crippen LogP contribution in [0.4, 0.5) is 0 Å². The second-order valence-electron chi connectivity index (χ2n) is 9.01. The van der Waals surface area contributed by atoms with Crippen molar-refractivity contribution in [2.24, 2.45) is 4.99 Å². The number of carbonyl (C=O) groups excluding carboxylic acids is 1. The molecule has 0 radical (unpaired) electrons. The maximum atomic E-state index is 14.0. The van der Waals surface area contributed by atoms with Crippen LogP contribution in [0.3, 0.4) is 0 Å². The summed E-state index contributed by atoms with van der Waals surface area (Å²) in [5, 5.41) is 0.450. The van der Waals surface area contributed by atoms with E-state index in [1.807, 2.05) is 43.3 Å². The average molecular weight is 642 g/mol. The van der Waals surface area contributed by atoms with E-state index < -0.39 is 12.0 Å². The van der Waals surface area contributed by atoms with Crippen LogP contribution in [-0.2, 0) is 9.53 Å². The van der Waals surface area contributed by atoms with Gasteiger partial charge in [-0.25, -0.2) is 9.79 Å². The quantitative estimate of drug-likeness (QED) is 0.212. The van der Waals surface area contributed by atoms with Crippen LogP contribution >= 0.6 is 38.9 Å². The van der Waals surface area contributed by atoms with E-state index in [0.29, 0.717) is 54.9 Å². The van der Waals surface area contributed by atoms with Crippen molar-refractivity contribution < 1.29 is 18.7 Å². The Kier molecular flexibility index (Phi) is 8.44. The van der Waals surface area contributed by atoms with Crippen molar-refractivity contribution in [2.45, 2.75) is 32.7 Å². The van der Waals surface area contributed by atoms with E-state index in [9.17, 15) is 9.59 Å². The van der Waals surface area contributed by atoms with Gasteiger partial charge in [0.2, 0.25) is 0 Å². The topological polar surface area (TPSA) is 83.0 Å². The minimum Gasteiger partial charge on any atom is -0.496 e. The first-order valence-corrected chi connectivity index (χ1v) is 14.7. The normalized spacial score (nSPS) is 15.1. The number of methoxy groups -OCH3 is 1. The first-order valence-electron chi connectivity index (χ1n) is 12.8. The van der Waals surface area contributed by atoms with Crippen molar-refractivity contribution in [1.82, 2.24) is 4.57 Å². The van der Waals surface area contributed by atoms with Crippen molar-refractivity contribution in [3.05, 3.63) is 106 Å². The SMILES string of the molecule is CCCC1=C(C(=O)OCC)[C@H](c2cc(Cl)ccc2OC)n2c(s/c(=C/c3ccc(-c4cccc(Br)c4)o3)c2=O)=N1. The lowest BCUT2D eigenvalue weighted by atomic mass is 9.93. The molecule has 0 unspecified atom stereocenters. The van der Waals surface area contributed by atoms with Gasteiger partial charge in [0.15, 0.2) is 4.80 Å². The summed E-state index contributed by atoms with van der Waals surface area (Å²) in [5.41, 5.74) is 2.05. The van der Waals surface area contributed by atoms with E-state index in [1.54, 1.807) is 31.2 Å². The Balaban J connectivity index is 1.72. The second-order valence-corrected chi connectivity index (χ2v) is 11.4. The molecular weight excluding hydrogens is 616 g/mol. The van der Waals surface area contributed by atoms with Crippen molar-refractivity contribution in [3.8, 4) is 17.1 Å². The molecule has 2 aromatic heterocycles. The molecule has 1 atom stereocenters. The number of ether oxygens (including phenoxy) is 2. The third-order valence-electron chi connectivity index (χ3n) is 6.39. The minimum atomic E-state index is -0.832. The molecule has 1 aliphatic heterocycles. The molecule has 2 aromatic carbocycles. The highest BCUT2D eigenvalue weighted by molar-refractivity contribution is 9.10. The van der Waals surface area contributed by atoms with Crippen LogP contribution in [0.1, 0.15) is 44.1 Å². The molecule has 0 spiro atoms. The van der Waals surface area contributed by atoms with Gasteiger partial charge in [-0.1, -0.05) is 64.3 Å². The molecule has 7 nitrogen and oxygen atoms in total. The van der Waals surface area contributed by atoms with Crippen LogP contribution < -0.4 is 19.6 Å². The van der Waals surface area contributed by atoms with E-state index in [0.717, 1.165) is 16.5 Å². The summed E-state index contributed by atoms with van der Waals surface area (Å²) in [4.78, 5) is 32.6. The molecule has 4 aromatic rings. The molecule has 40 heavy (non-hydrogen) atoms. The maximum Gasteiger partial charge on any atom is 0.338 e. The lowest BCUT2D eigenvalue weighted by molar-refractivity contribution is -0.139. The number of benzene rings is 2. The number of hydrogen-bond acceptors (Lipinski definition) is 7. The van der Waals surface area contributed by atoms with Crippen LogP contribution in [0.15, 0.2) is 84.5 Å². The predicted molar refractivity (Wildman–Crippen MR) is 159 cm³/mol. The Morgan fingerprint density at radius 1 is 1.20 bits per heavy atom. The van der Waals surface area contributed by atoms with E-state index in [-0.39, 0.29) is 12.2 Å². The fraction of sp³-hybridized carbons (Fsp3) is 0.233. The Labute approximate surface area is 248 Å². The Bertz CT molecular complexity index is 1800. The van der Waals surface area contributed by atoms with E-state index in [4.69, 9.17) is 30.5 Å². The number of hydrogen-bond donors (Lipinski definition) is 0. The molecule has 10 heteroatoms. The Hall–Kier alpha value is -3.40.